The van der Waals surface area contributed by atoms with Crippen molar-refractivity contribution in [1.82, 2.24) is 24.6 Å². The van der Waals surface area contributed by atoms with Crippen LogP contribution in [0.5, 0.6) is 5.88 Å². The zero-order valence-corrected chi connectivity index (χ0v) is 20.7. The first-order valence-corrected chi connectivity index (χ1v) is 12.8. The summed E-state index contributed by atoms with van der Waals surface area (Å²) in [5, 5.41) is 4.97. The molecular formula is C28H27F2N5O3. The zero-order valence-electron chi connectivity index (χ0n) is 20.7. The van der Waals surface area contributed by atoms with Crippen molar-refractivity contribution in [3.05, 3.63) is 83.3 Å². The number of rotatable bonds is 6. The fourth-order valence-electron chi connectivity index (χ4n) is 5.52. The molecular weight excluding hydrogens is 492 g/mol. The smallest absolute Gasteiger partial charge is 0.388 e. The van der Waals surface area contributed by atoms with Gasteiger partial charge in [0.25, 0.3) is 5.91 Å². The normalized spacial score (nSPS) is 18.7. The average molecular weight is 520 g/mol. The van der Waals surface area contributed by atoms with Crippen molar-refractivity contribution >= 4 is 11.8 Å². The van der Waals surface area contributed by atoms with E-state index in [1.165, 1.54) is 42.8 Å². The highest BCUT2D eigenvalue weighted by molar-refractivity contribution is 5.94. The molecule has 3 aromatic rings. The fourth-order valence-corrected chi connectivity index (χ4v) is 5.52. The van der Waals surface area contributed by atoms with Crippen molar-refractivity contribution in [2.24, 2.45) is 0 Å². The van der Waals surface area contributed by atoms with Crippen LogP contribution >= 0.6 is 0 Å². The van der Waals surface area contributed by atoms with Crippen LogP contribution in [0.15, 0.2) is 55.3 Å². The number of halogens is 2. The van der Waals surface area contributed by atoms with Crippen LogP contribution < -0.4 is 4.74 Å². The lowest BCUT2D eigenvalue weighted by molar-refractivity contribution is -0.126. The second kappa shape index (κ2) is 9.66. The van der Waals surface area contributed by atoms with Gasteiger partial charge in [-0.05, 0) is 48.6 Å². The minimum Gasteiger partial charge on any atom is -0.417 e. The Bertz CT molecular complexity index is 1380. The van der Waals surface area contributed by atoms with Crippen molar-refractivity contribution < 1.29 is 23.1 Å². The molecule has 1 saturated carbocycles. The maximum atomic E-state index is 13.6. The molecule has 196 valence electrons. The van der Waals surface area contributed by atoms with E-state index in [2.05, 4.69) is 40.6 Å². The Morgan fingerprint density at radius 3 is 2.53 bits per heavy atom. The number of hydrogen-bond donors (Lipinski definition) is 0. The average Bonchev–Trinajstić information content (AvgIpc) is 3.73. The summed E-state index contributed by atoms with van der Waals surface area (Å²) in [4.78, 5) is 33.5. The maximum Gasteiger partial charge on any atom is 0.388 e. The zero-order chi connectivity index (χ0) is 26.4. The van der Waals surface area contributed by atoms with Crippen LogP contribution in [0.3, 0.4) is 0 Å². The quantitative estimate of drug-likeness (QED) is 0.459. The van der Waals surface area contributed by atoms with Gasteiger partial charge < -0.3 is 14.5 Å². The van der Waals surface area contributed by atoms with Crippen LogP contribution in [0.2, 0.25) is 0 Å². The molecule has 0 saturated heterocycles. The summed E-state index contributed by atoms with van der Waals surface area (Å²) in [5.41, 5.74) is 5.47. The van der Waals surface area contributed by atoms with Gasteiger partial charge in [0.15, 0.2) is 0 Å². The van der Waals surface area contributed by atoms with Crippen LogP contribution in [-0.2, 0) is 17.6 Å². The third kappa shape index (κ3) is 4.44. The predicted molar refractivity (Wildman–Crippen MR) is 134 cm³/mol. The maximum absolute atomic E-state index is 13.6. The molecule has 8 nitrogen and oxygen atoms in total. The van der Waals surface area contributed by atoms with Crippen molar-refractivity contribution in [3.8, 4) is 11.6 Å². The third-order valence-corrected chi connectivity index (χ3v) is 7.54. The van der Waals surface area contributed by atoms with Crippen molar-refractivity contribution in [2.45, 2.75) is 44.3 Å². The lowest BCUT2D eigenvalue weighted by Gasteiger charge is -2.37. The molecule has 0 radical (unpaired) electrons. The molecule has 4 heterocycles. The summed E-state index contributed by atoms with van der Waals surface area (Å²) in [6.45, 7) is 1.82. The predicted octanol–water partition coefficient (Wildman–Crippen LogP) is 4.06. The second-order valence-electron chi connectivity index (χ2n) is 9.85. The van der Waals surface area contributed by atoms with E-state index < -0.39 is 12.7 Å². The van der Waals surface area contributed by atoms with Gasteiger partial charge in [0.05, 0.1) is 28.7 Å². The molecule has 2 amide bonds. The minimum atomic E-state index is -3.00. The van der Waals surface area contributed by atoms with Gasteiger partial charge in [0.1, 0.15) is 0 Å². The Morgan fingerprint density at radius 1 is 1.08 bits per heavy atom. The second-order valence-corrected chi connectivity index (χ2v) is 9.85. The highest BCUT2D eigenvalue weighted by Gasteiger charge is 2.40. The molecule has 0 spiro atoms. The monoisotopic (exact) mass is 519 g/mol. The van der Waals surface area contributed by atoms with Gasteiger partial charge in [0, 0.05) is 50.3 Å². The minimum absolute atomic E-state index is 0.201. The molecule has 2 aromatic heterocycles. The van der Waals surface area contributed by atoms with E-state index in [9.17, 15) is 18.4 Å². The van der Waals surface area contributed by atoms with Crippen molar-refractivity contribution in [2.75, 3.05) is 19.6 Å². The van der Waals surface area contributed by atoms with Crippen LogP contribution in [0, 0.1) is 0 Å². The number of carbonyl (C=O) groups is 2. The summed E-state index contributed by atoms with van der Waals surface area (Å²) in [7, 11) is 0. The standard InChI is InChI=1S/C28H27F2N5O3/c1-2-25(36)33-13-11-21-26-22(35(32-21)20-8-5-18(6-9-20)17-3-4-17)12-14-34(23(26)16-33)27(37)19-7-10-24(31-15-19)38-28(29)30/h2,5-10,15,17,23,28H,1,3-4,11-14,16H2/t23-/m0/s1. The molecule has 38 heavy (non-hydrogen) atoms. The Kier molecular flexibility index (Phi) is 6.17. The summed E-state index contributed by atoms with van der Waals surface area (Å²) in [5.74, 6) is -0.0870. The molecule has 1 aromatic carbocycles. The number of pyridine rings is 1. The van der Waals surface area contributed by atoms with E-state index in [1.54, 1.807) is 9.80 Å². The van der Waals surface area contributed by atoms with Crippen LogP contribution in [-0.4, -0.2) is 62.6 Å². The number of amides is 2. The molecule has 3 aliphatic rings. The Balaban J connectivity index is 1.35. The third-order valence-electron chi connectivity index (χ3n) is 7.54. The molecule has 6 rings (SSSR count). The lowest BCUT2D eigenvalue weighted by Crippen LogP contribution is -2.45. The highest BCUT2D eigenvalue weighted by atomic mass is 19.3. The first-order valence-electron chi connectivity index (χ1n) is 12.8. The molecule has 1 fully saturated rings. The molecule has 0 N–H and O–H groups in total. The van der Waals surface area contributed by atoms with Gasteiger partial charge in [-0.2, -0.15) is 13.9 Å². The Morgan fingerprint density at radius 2 is 1.87 bits per heavy atom. The number of carbonyl (C=O) groups excluding carboxylic acids is 2. The molecule has 1 aliphatic carbocycles. The summed E-state index contributed by atoms with van der Waals surface area (Å²) >= 11 is 0. The van der Waals surface area contributed by atoms with Crippen molar-refractivity contribution in [1.29, 1.82) is 0 Å². The van der Waals surface area contributed by atoms with Gasteiger partial charge in [-0.1, -0.05) is 18.7 Å². The van der Waals surface area contributed by atoms with E-state index >= 15 is 0 Å². The number of alkyl halides is 2. The van der Waals surface area contributed by atoms with Crippen LogP contribution in [0.1, 0.15) is 57.7 Å². The number of hydrogen-bond acceptors (Lipinski definition) is 5. The summed E-state index contributed by atoms with van der Waals surface area (Å²) < 4.78 is 31.3. The van der Waals surface area contributed by atoms with Gasteiger partial charge >= 0.3 is 6.61 Å². The molecule has 10 heteroatoms. The summed E-state index contributed by atoms with van der Waals surface area (Å²) in [6.07, 6.45) is 6.16. The molecule has 0 unspecified atom stereocenters. The van der Waals surface area contributed by atoms with Crippen LogP contribution in [0.25, 0.3) is 5.69 Å². The van der Waals surface area contributed by atoms with Gasteiger partial charge in [-0.25, -0.2) is 9.67 Å². The van der Waals surface area contributed by atoms with E-state index in [0.717, 1.165) is 22.6 Å². The topological polar surface area (TPSA) is 80.6 Å². The van der Waals surface area contributed by atoms with Gasteiger partial charge in [0.2, 0.25) is 11.8 Å². The number of nitrogens with zero attached hydrogens (tertiary/aromatic N) is 5. The van der Waals surface area contributed by atoms with Crippen LogP contribution in [0.4, 0.5) is 8.78 Å². The molecule has 2 aliphatic heterocycles. The largest absolute Gasteiger partial charge is 0.417 e. The number of ether oxygens (including phenoxy) is 1. The molecule has 0 bridgehead atoms. The fraction of sp³-hybridized carbons (Fsp3) is 0.357. The number of benzene rings is 1. The highest BCUT2D eigenvalue weighted by Crippen LogP contribution is 2.41. The first-order chi connectivity index (χ1) is 18.4. The van der Waals surface area contributed by atoms with E-state index in [0.29, 0.717) is 38.4 Å². The van der Waals surface area contributed by atoms with E-state index in [4.69, 9.17) is 5.10 Å². The Labute approximate surface area is 218 Å². The first kappa shape index (κ1) is 24.3. The van der Waals surface area contributed by atoms with Gasteiger partial charge in [-0.15, -0.1) is 0 Å². The lowest BCUT2D eigenvalue weighted by atomic mass is 9.95. The van der Waals surface area contributed by atoms with E-state index in [-0.39, 0.29) is 23.3 Å². The van der Waals surface area contributed by atoms with Crippen molar-refractivity contribution in [3.63, 3.8) is 0 Å². The number of aromatic nitrogens is 3. The molecule has 1 atom stereocenters. The Hall–Kier alpha value is -4.08. The van der Waals surface area contributed by atoms with Gasteiger partial charge in [-0.3, -0.25) is 9.59 Å². The summed E-state index contributed by atoms with van der Waals surface area (Å²) in [6, 6.07) is 10.8. The SMILES string of the molecule is C=CC(=O)N1CCc2nn(-c3ccc(C4CC4)cc3)c3c2[C@H](C1)N(C(=O)c1ccc(OC(F)F)nc1)CC3. The van der Waals surface area contributed by atoms with E-state index in [1.807, 2.05) is 4.68 Å².